The molecule has 17 rings (SSSR count). The van der Waals surface area contributed by atoms with Crippen LogP contribution in [0, 0.1) is 35.2 Å². The molecule has 29 heteroatoms. The summed E-state index contributed by atoms with van der Waals surface area (Å²) in [6, 6.07) is 72.2. The topological polar surface area (TPSA) is 195 Å². The van der Waals surface area contributed by atoms with Crippen molar-refractivity contribution in [1.29, 1.82) is 0 Å². The molecule has 3 aliphatic carbocycles. The highest BCUT2D eigenvalue weighted by atomic mass is 79.9. The maximum absolute atomic E-state index is 15.6. The lowest BCUT2D eigenvalue weighted by atomic mass is 9.78. The van der Waals surface area contributed by atoms with Crippen LogP contribution >= 0.6 is 15.9 Å². The summed E-state index contributed by atoms with van der Waals surface area (Å²) < 4.78 is 174. The Kier molecular flexibility index (Phi) is 36.1. The van der Waals surface area contributed by atoms with Crippen LogP contribution in [0.4, 0.5) is 43.4 Å². The van der Waals surface area contributed by atoms with Crippen molar-refractivity contribution < 1.29 is 101 Å². The molecule has 10 aromatic carbocycles. The van der Waals surface area contributed by atoms with Gasteiger partial charge in [-0.15, -0.1) is 0 Å². The van der Waals surface area contributed by atoms with Gasteiger partial charge in [-0.05, 0) is 257 Å². The molecule has 0 saturated carbocycles. The van der Waals surface area contributed by atoms with E-state index in [9.17, 15) is 26.0 Å². The van der Waals surface area contributed by atoms with Gasteiger partial charge in [-0.2, -0.15) is 21.6 Å². The minimum atomic E-state index is -5.70. The second-order valence-electron chi connectivity index (χ2n) is 35.2. The first-order chi connectivity index (χ1) is 65.0. The number of rotatable bonds is 27. The van der Waals surface area contributed by atoms with Crippen LogP contribution < -0.4 is 39.8 Å². The third-order valence-corrected chi connectivity index (χ3v) is 27.7. The fraction of sp³-hybridized carbons (Fsp3) is 0.377. The lowest BCUT2D eigenvalue weighted by Crippen LogP contribution is -2.41. The van der Waals surface area contributed by atoms with Gasteiger partial charge in [0.1, 0.15) is 60.3 Å². The summed E-state index contributed by atoms with van der Waals surface area (Å²) >= 11 is 3.75. The molecular formula is C106H120B2BrF6N3O16S. The number of methoxy groups -OCH3 is 6. The quantitative estimate of drug-likeness (QED) is 0.0162. The fourth-order valence-corrected chi connectivity index (χ4v) is 19.0. The molecular weight excluding hydrogens is 1820 g/mol. The van der Waals surface area contributed by atoms with Gasteiger partial charge in [0.2, 0.25) is 0 Å². The minimum Gasteiger partial charge on any atom is -0.489 e. The largest absolute Gasteiger partial charge is 0.534 e. The zero-order valence-corrected chi connectivity index (χ0v) is 80.5. The van der Waals surface area contributed by atoms with E-state index in [0.717, 1.165) is 175 Å². The maximum Gasteiger partial charge on any atom is 0.534 e. The summed E-state index contributed by atoms with van der Waals surface area (Å²) in [5, 5.41) is 17.2. The van der Waals surface area contributed by atoms with E-state index < -0.39 is 41.1 Å². The van der Waals surface area contributed by atoms with Crippen LogP contribution in [0.3, 0.4) is 0 Å². The Bertz CT molecular complexity index is 5720. The number of anilines is 3. The first-order valence-corrected chi connectivity index (χ1v) is 48.0. The number of nitrogens with zero attached hydrogens (tertiary/aromatic N) is 3. The average molecular weight is 1940 g/mol. The standard InChI is InChI=1S/C31H33BrFNO3.C31H34FNO3.C20H31BFNO4.C18H15F3O4S.C6H7BO2/c1-35-31(36-2)22-14-16-34(17-15-22)24-9-11-27(29(33)19-24)30-26-12-10-25(18-23(26)8-13-28(30)32)37-20-21-6-4-3-5-7-21;1-34-31(35-2)23-15-17-33(18-16-23)25-11-13-29(30(32)20-25)28-10-6-9-24-19-26(12-14-27(24)28)36-21-22-7-4-3-5-8-22;1-19(2)20(3,4)27-21(26-19)16-8-7-15(13-17(16)22)23-11-9-14(10-12-23)18(24-5)25-6;19-18(20,21)26(22,23)25-17-8-4-7-14-11-15(9-10-16(14)17)24-12-13-5-2-1-3-6-13;8-7(9)6-4-2-1-3-5-6/h3-7,9-12,18-19,22,31H,8,13-17,20H2,1-2H3;3-5,7-8,10-14,19-20,23,31H,6,9,15-18,21H2,1-2H3;7-8,13-14,18H,9-12H2,1-6H3;1-3,5-6,8-11H,4,7,12H2;1-5,8-9H. The Morgan fingerprint density at radius 1 is 0.437 bits per heavy atom. The molecule has 4 saturated heterocycles. The van der Waals surface area contributed by atoms with Gasteiger partial charge in [-0.25, -0.2) is 13.2 Å². The van der Waals surface area contributed by atoms with Crippen molar-refractivity contribution in [1.82, 2.24) is 0 Å². The summed E-state index contributed by atoms with van der Waals surface area (Å²) in [6.45, 7) is 14.4. The molecule has 4 aliphatic heterocycles. The summed E-state index contributed by atoms with van der Waals surface area (Å²) in [7, 11) is 2.36. The van der Waals surface area contributed by atoms with Gasteiger partial charge in [0.15, 0.2) is 18.9 Å². The van der Waals surface area contributed by atoms with Gasteiger partial charge in [-0.1, -0.05) is 162 Å². The van der Waals surface area contributed by atoms with E-state index in [1.807, 2.05) is 137 Å². The monoisotopic (exact) mass is 1940 g/mol. The number of fused-ring (bicyclic) bond motifs is 3. The van der Waals surface area contributed by atoms with Gasteiger partial charge in [0, 0.05) is 149 Å². The number of hydrogen-bond acceptors (Lipinski definition) is 19. The molecule has 0 amide bonds. The van der Waals surface area contributed by atoms with Crippen LogP contribution in [-0.2, 0) is 91.1 Å². The van der Waals surface area contributed by atoms with Crippen molar-refractivity contribution in [2.45, 2.75) is 160 Å². The van der Waals surface area contributed by atoms with Crippen LogP contribution in [-0.4, -0.2) is 150 Å². The zero-order chi connectivity index (χ0) is 96.0. The van der Waals surface area contributed by atoms with Crippen molar-refractivity contribution in [3.8, 4) is 17.2 Å². The molecule has 4 fully saturated rings. The Morgan fingerprint density at radius 2 is 0.793 bits per heavy atom. The summed E-state index contributed by atoms with van der Waals surface area (Å²) in [6.07, 6.45) is 13.2. The number of hydrogen-bond donors (Lipinski definition) is 2. The van der Waals surface area contributed by atoms with Crippen LogP contribution in [0.2, 0.25) is 0 Å². The summed E-state index contributed by atoms with van der Waals surface area (Å²) in [4.78, 5) is 6.71. The number of benzene rings is 10. The molecule has 716 valence electrons. The van der Waals surface area contributed by atoms with Crippen LogP contribution in [0.25, 0.3) is 16.9 Å². The van der Waals surface area contributed by atoms with Crippen molar-refractivity contribution in [3.05, 3.63) is 326 Å². The van der Waals surface area contributed by atoms with Gasteiger partial charge in [-0.3, -0.25) is 0 Å². The fourth-order valence-electron chi connectivity index (χ4n) is 17.9. The van der Waals surface area contributed by atoms with Gasteiger partial charge in [0.25, 0.3) is 0 Å². The summed E-state index contributed by atoms with van der Waals surface area (Å²) in [5.41, 5.74) is 9.24. The number of alkyl halides is 3. The first kappa shape index (κ1) is 102. The third-order valence-electron chi connectivity index (χ3n) is 26.0. The molecule has 0 aromatic heterocycles. The highest BCUT2D eigenvalue weighted by Crippen LogP contribution is 2.45. The van der Waals surface area contributed by atoms with E-state index in [4.69, 9.17) is 62.0 Å². The second kappa shape index (κ2) is 47.7. The van der Waals surface area contributed by atoms with Crippen LogP contribution in [0.15, 0.2) is 247 Å². The van der Waals surface area contributed by atoms with Crippen molar-refractivity contribution >= 4 is 85.2 Å². The highest BCUT2D eigenvalue weighted by Gasteiger charge is 2.53. The molecule has 0 unspecified atom stereocenters. The number of halogens is 7. The first-order valence-electron chi connectivity index (χ1n) is 45.8. The van der Waals surface area contributed by atoms with Crippen molar-refractivity contribution in [3.63, 3.8) is 0 Å². The smallest absolute Gasteiger partial charge is 0.489 e. The molecule has 7 aliphatic rings. The van der Waals surface area contributed by atoms with Gasteiger partial charge in [0.05, 0.1) is 11.2 Å². The lowest BCUT2D eigenvalue weighted by molar-refractivity contribution is -0.141. The van der Waals surface area contributed by atoms with E-state index in [0.29, 0.717) is 89.3 Å². The SMILES string of the molecule is COC(OC)C1CCN(c2ccc(B3OC(C)(C)C(C)(C)O3)c(F)c2)CC1.COC(OC)C1CCN(c2ccc(C3=C(Br)CCc4cc(OCc5ccccc5)ccc43)c(F)c2)CC1.COC(OC)C1CCN(c2ccc(C3=CCCc4cc(OCc5ccccc5)ccc43)c(F)c2)CC1.O=S(=O)(OC1=CCCc2cc(OCc3ccccc3)ccc21)C(F)(F)F.OB(O)c1ccccc1. The predicted molar refractivity (Wildman–Crippen MR) is 522 cm³/mol. The molecule has 10 aromatic rings. The van der Waals surface area contributed by atoms with E-state index >= 15 is 8.78 Å². The lowest BCUT2D eigenvalue weighted by Gasteiger charge is -2.36. The Hall–Kier alpha value is -10.2. The Labute approximate surface area is 798 Å². The minimum absolute atomic E-state index is 0.172. The van der Waals surface area contributed by atoms with Gasteiger partial charge >= 0.3 is 29.9 Å². The molecule has 0 spiro atoms. The van der Waals surface area contributed by atoms with E-state index in [1.165, 1.54) is 23.3 Å². The normalized spacial score (nSPS) is 16.7. The highest BCUT2D eigenvalue weighted by molar-refractivity contribution is 9.11. The molecule has 2 N–H and O–H groups in total. The Balaban J connectivity index is 0.000000149. The predicted octanol–water partition coefficient (Wildman–Crippen LogP) is 20.7. The summed E-state index contributed by atoms with van der Waals surface area (Å²) in [5.74, 6) is 2.35. The molecule has 0 radical (unpaired) electrons. The third kappa shape index (κ3) is 26.6. The average Bonchev–Trinajstić information content (AvgIpc) is 1.72. The van der Waals surface area contributed by atoms with Crippen LogP contribution in [0.5, 0.6) is 17.2 Å². The van der Waals surface area contributed by atoms with E-state index in [-0.39, 0.29) is 42.1 Å². The van der Waals surface area contributed by atoms with Crippen molar-refractivity contribution in [2.24, 2.45) is 17.8 Å². The molecule has 135 heavy (non-hydrogen) atoms. The molecule has 19 nitrogen and oxygen atoms in total. The van der Waals surface area contributed by atoms with Gasteiger partial charge < -0.3 is 80.9 Å². The Morgan fingerprint density at radius 3 is 1.18 bits per heavy atom. The number of ether oxygens (including phenoxy) is 9. The molecule has 4 heterocycles. The second-order valence-corrected chi connectivity index (χ2v) is 37.7. The molecule has 0 bridgehead atoms. The maximum atomic E-state index is 15.6. The number of piperidine rings is 3. The molecule has 0 atom stereocenters. The number of aryl methyl sites for hydroxylation is 3. The number of allylic oxidation sites excluding steroid dienone is 3. The van der Waals surface area contributed by atoms with E-state index in [2.05, 4.69) is 95.5 Å². The van der Waals surface area contributed by atoms with Crippen molar-refractivity contribution in [2.75, 3.05) is 96.6 Å². The van der Waals surface area contributed by atoms with E-state index in [1.54, 1.807) is 103 Å². The van der Waals surface area contributed by atoms with Crippen LogP contribution in [0.1, 0.15) is 147 Å². The zero-order valence-electron chi connectivity index (χ0n) is 78.1.